The average molecular weight is 389 g/mol. The number of aromatic amines is 1. The average Bonchev–Trinajstić information content (AvgIpc) is 2.84. The highest BCUT2D eigenvalue weighted by Gasteiger charge is 2.57. The SMILES string of the molecule is CC(C)[C@H](N)C(=O)OC[C@@]1(F)O[C@@H](n2cc(C=O)c(=O)[nH]c2=O)[C@H](O)[C@@H]1O. The van der Waals surface area contributed by atoms with Crippen LogP contribution in [-0.4, -0.2) is 62.7 Å². The van der Waals surface area contributed by atoms with E-state index in [0.717, 1.165) is 6.20 Å². The van der Waals surface area contributed by atoms with Gasteiger partial charge in [-0.15, -0.1) is 0 Å². The third-order valence-corrected chi connectivity index (χ3v) is 4.17. The Labute approximate surface area is 151 Å². The lowest BCUT2D eigenvalue weighted by Crippen LogP contribution is -2.46. The van der Waals surface area contributed by atoms with Gasteiger partial charge >= 0.3 is 11.7 Å². The Morgan fingerprint density at radius 3 is 2.70 bits per heavy atom. The Bertz CT molecular complexity index is 837. The van der Waals surface area contributed by atoms with Crippen molar-refractivity contribution in [3.8, 4) is 0 Å². The maximum atomic E-state index is 14.9. The van der Waals surface area contributed by atoms with Crippen molar-refractivity contribution in [2.75, 3.05) is 6.61 Å². The smallest absolute Gasteiger partial charge is 0.330 e. The van der Waals surface area contributed by atoms with Crippen molar-refractivity contribution in [2.45, 2.75) is 44.2 Å². The van der Waals surface area contributed by atoms with E-state index in [9.17, 15) is 33.8 Å². The van der Waals surface area contributed by atoms with Gasteiger partial charge in [0.2, 0.25) is 0 Å². The number of ether oxygens (including phenoxy) is 2. The van der Waals surface area contributed by atoms with Crippen molar-refractivity contribution in [1.29, 1.82) is 0 Å². The zero-order chi connectivity index (χ0) is 20.5. The molecule has 0 bridgehead atoms. The quantitative estimate of drug-likeness (QED) is 0.311. The summed E-state index contributed by atoms with van der Waals surface area (Å²) < 4.78 is 25.1. The van der Waals surface area contributed by atoms with E-state index in [-0.39, 0.29) is 12.2 Å². The van der Waals surface area contributed by atoms with E-state index in [1.54, 1.807) is 18.8 Å². The van der Waals surface area contributed by atoms with Gasteiger partial charge < -0.3 is 25.4 Å². The number of H-pyrrole nitrogens is 1. The van der Waals surface area contributed by atoms with Crippen molar-refractivity contribution < 1.29 is 33.7 Å². The lowest BCUT2D eigenvalue weighted by molar-refractivity contribution is -0.217. The summed E-state index contributed by atoms with van der Waals surface area (Å²) in [6.07, 6.45) is -5.05. The summed E-state index contributed by atoms with van der Waals surface area (Å²) in [5.74, 6) is -4.28. The summed E-state index contributed by atoms with van der Waals surface area (Å²) in [6, 6.07) is -1.04. The number of carbonyl (C=O) groups excluding carboxylic acids is 2. The Balaban J connectivity index is 2.25. The fourth-order valence-corrected chi connectivity index (χ4v) is 2.40. The number of aliphatic hydroxyl groups excluding tert-OH is 2. The second-order valence-corrected chi connectivity index (χ2v) is 6.48. The van der Waals surface area contributed by atoms with Gasteiger partial charge in [0.15, 0.2) is 19.1 Å². The van der Waals surface area contributed by atoms with E-state index in [1.807, 2.05) is 0 Å². The highest BCUT2D eigenvalue weighted by Crippen LogP contribution is 2.38. The molecule has 0 radical (unpaired) electrons. The van der Waals surface area contributed by atoms with Gasteiger partial charge in [-0.25, -0.2) is 9.18 Å². The fourth-order valence-electron chi connectivity index (χ4n) is 2.40. The number of aromatic nitrogens is 2. The van der Waals surface area contributed by atoms with E-state index in [0.29, 0.717) is 4.57 Å². The number of carbonyl (C=O) groups is 2. The molecular formula is C15H20FN3O8. The molecule has 1 fully saturated rings. The van der Waals surface area contributed by atoms with Gasteiger partial charge in [0.1, 0.15) is 18.2 Å². The number of nitrogens with one attached hydrogen (secondary N) is 1. The van der Waals surface area contributed by atoms with Crippen LogP contribution in [0.1, 0.15) is 30.4 Å². The van der Waals surface area contributed by atoms with E-state index in [2.05, 4.69) is 0 Å². The number of aldehydes is 1. The minimum Gasteiger partial charge on any atom is -0.458 e. The van der Waals surface area contributed by atoms with Crippen molar-refractivity contribution in [3.63, 3.8) is 0 Å². The number of hydrogen-bond donors (Lipinski definition) is 4. The largest absolute Gasteiger partial charge is 0.458 e. The van der Waals surface area contributed by atoms with Crippen molar-refractivity contribution >= 4 is 12.3 Å². The summed E-state index contributed by atoms with van der Waals surface area (Å²) in [5.41, 5.74) is 3.00. The van der Waals surface area contributed by atoms with E-state index < -0.39 is 59.7 Å². The van der Waals surface area contributed by atoms with Gasteiger partial charge in [0, 0.05) is 6.20 Å². The van der Waals surface area contributed by atoms with Crippen LogP contribution in [0.2, 0.25) is 0 Å². The van der Waals surface area contributed by atoms with Crippen LogP contribution in [0.4, 0.5) is 4.39 Å². The van der Waals surface area contributed by atoms with Gasteiger partial charge in [-0.1, -0.05) is 13.8 Å². The van der Waals surface area contributed by atoms with Gasteiger partial charge in [0.05, 0.1) is 5.56 Å². The first-order chi connectivity index (χ1) is 12.5. The number of alkyl halides is 1. The summed E-state index contributed by atoms with van der Waals surface area (Å²) in [6.45, 7) is 2.19. The van der Waals surface area contributed by atoms with Crippen LogP contribution in [0.25, 0.3) is 0 Å². The van der Waals surface area contributed by atoms with Crippen molar-refractivity contribution in [3.05, 3.63) is 32.6 Å². The van der Waals surface area contributed by atoms with E-state index in [4.69, 9.17) is 15.2 Å². The highest BCUT2D eigenvalue weighted by atomic mass is 19.2. The molecule has 0 saturated carbocycles. The Morgan fingerprint density at radius 2 is 2.15 bits per heavy atom. The van der Waals surface area contributed by atoms with Crippen molar-refractivity contribution in [2.24, 2.45) is 11.7 Å². The first kappa shape index (κ1) is 20.9. The van der Waals surface area contributed by atoms with E-state index in [1.165, 1.54) is 0 Å². The Hall–Kier alpha value is -2.41. The third kappa shape index (κ3) is 3.98. The normalized spacial score (nSPS) is 28.9. The molecule has 11 nitrogen and oxygen atoms in total. The van der Waals surface area contributed by atoms with Crippen LogP contribution in [-0.2, 0) is 14.3 Å². The first-order valence-corrected chi connectivity index (χ1v) is 7.97. The maximum absolute atomic E-state index is 14.9. The summed E-state index contributed by atoms with van der Waals surface area (Å²) >= 11 is 0. The van der Waals surface area contributed by atoms with Crippen LogP contribution in [0.3, 0.4) is 0 Å². The lowest BCUT2D eigenvalue weighted by atomic mass is 10.1. The van der Waals surface area contributed by atoms with Gasteiger partial charge in [-0.05, 0) is 5.92 Å². The second kappa shape index (κ2) is 7.68. The molecule has 1 aromatic heterocycles. The molecule has 0 unspecified atom stereocenters. The number of esters is 1. The summed E-state index contributed by atoms with van der Waals surface area (Å²) in [7, 11) is 0. The van der Waals surface area contributed by atoms with Crippen LogP contribution in [0.5, 0.6) is 0 Å². The zero-order valence-corrected chi connectivity index (χ0v) is 14.5. The monoisotopic (exact) mass is 389 g/mol. The predicted octanol–water partition coefficient (Wildman–Crippen LogP) is -2.21. The van der Waals surface area contributed by atoms with E-state index >= 15 is 0 Å². The first-order valence-electron chi connectivity index (χ1n) is 7.97. The van der Waals surface area contributed by atoms with Crippen molar-refractivity contribution in [1.82, 2.24) is 9.55 Å². The molecule has 0 spiro atoms. The molecule has 0 aromatic carbocycles. The lowest BCUT2D eigenvalue weighted by Gasteiger charge is -2.24. The molecule has 27 heavy (non-hydrogen) atoms. The molecule has 2 rings (SSSR count). The number of nitrogens with zero attached hydrogens (tertiary/aromatic N) is 1. The van der Waals surface area contributed by atoms with Crippen LogP contribution in [0.15, 0.2) is 15.8 Å². The summed E-state index contributed by atoms with van der Waals surface area (Å²) in [5, 5.41) is 20.0. The topological polar surface area (TPSA) is 174 Å². The third-order valence-electron chi connectivity index (χ3n) is 4.17. The molecule has 150 valence electrons. The highest BCUT2D eigenvalue weighted by molar-refractivity contribution is 5.75. The van der Waals surface area contributed by atoms with Crippen LogP contribution < -0.4 is 17.0 Å². The zero-order valence-electron chi connectivity index (χ0n) is 14.5. The van der Waals surface area contributed by atoms with Gasteiger partial charge in [-0.2, -0.15) is 0 Å². The Kier molecular flexibility index (Phi) is 5.94. The number of nitrogens with two attached hydrogens (primary N) is 1. The number of hydrogen-bond acceptors (Lipinski definition) is 9. The molecule has 5 N–H and O–H groups in total. The molecule has 0 amide bonds. The number of rotatable bonds is 6. The second-order valence-electron chi connectivity index (χ2n) is 6.48. The summed E-state index contributed by atoms with van der Waals surface area (Å²) in [4.78, 5) is 47.7. The van der Waals surface area contributed by atoms with Gasteiger partial charge in [0.25, 0.3) is 11.4 Å². The molecule has 12 heteroatoms. The Morgan fingerprint density at radius 1 is 1.52 bits per heavy atom. The fraction of sp³-hybridized carbons (Fsp3) is 0.600. The standard InChI is InChI=1S/C15H20FN3O8/c1-6(2)8(17)13(24)26-5-15(16)10(22)9(21)12(27-15)19-3-7(4-20)11(23)18-14(19)25/h3-4,6,8-10,12,21-22H,5,17H2,1-2H3,(H,18,23,25)/t8-,9+,10-,12+,15+/m0/s1. The molecular weight excluding hydrogens is 369 g/mol. The molecule has 0 aliphatic carbocycles. The molecule has 1 aliphatic rings. The number of halogens is 1. The molecule has 1 saturated heterocycles. The minimum atomic E-state index is -3.05. The molecule has 1 aromatic rings. The maximum Gasteiger partial charge on any atom is 0.330 e. The van der Waals surface area contributed by atoms with Crippen LogP contribution in [0, 0.1) is 5.92 Å². The molecule has 1 aliphatic heterocycles. The van der Waals surface area contributed by atoms with Gasteiger partial charge in [-0.3, -0.25) is 23.9 Å². The predicted molar refractivity (Wildman–Crippen MR) is 86.5 cm³/mol. The minimum absolute atomic E-state index is 0.143. The number of aliphatic hydroxyl groups is 2. The molecule has 5 atom stereocenters. The van der Waals surface area contributed by atoms with Crippen LogP contribution >= 0.6 is 0 Å². The molecule has 2 heterocycles.